The van der Waals surface area contributed by atoms with Crippen LogP contribution >= 0.6 is 0 Å². The van der Waals surface area contributed by atoms with Gasteiger partial charge in [0.05, 0.1) is 0 Å². The van der Waals surface area contributed by atoms with E-state index in [1.165, 1.54) is 6.42 Å². The summed E-state index contributed by atoms with van der Waals surface area (Å²) in [7, 11) is 0. The predicted octanol–water partition coefficient (Wildman–Crippen LogP) is -1.77. The van der Waals surface area contributed by atoms with E-state index >= 15 is 0 Å². The van der Waals surface area contributed by atoms with Crippen LogP contribution in [0.1, 0.15) is 13.3 Å². The van der Waals surface area contributed by atoms with Crippen molar-refractivity contribution >= 4 is 0 Å². The summed E-state index contributed by atoms with van der Waals surface area (Å²) in [6.45, 7) is 2.22. The molecule has 5 heavy (non-hydrogen) atoms. The van der Waals surface area contributed by atoms with Gasteiger partial charge in [0.2, 0.25) is 0 Å². The quantitative estimate of drug-likeness (QED) is 0.230. The van der Waals surface area contributed by atoms with E-state index in [1.807, 2.05) is 0 Å². The molecule has 1 rings (SSSR count). The first-order valence-corrected chi connectivity index (χ1v) is 1.73. The van der Waals surface area contributed by atoms with Crippen molar-refractivity contribution in [2.75, 3.05) is 0 Å². The van der Waals surface area contributed by atoms with E-state index in [1.54, 1.807) is 0 Å². The molecule has 1 saturated carbocycles. The normalized spacial score (nSPS) is 31.8. The Kier molecular flexibility index (Phi) is 2.13. The molecule has 1 atom stereocenters. The van der Waals surface area contributed by atoms with Gasteiger partial charge in [0.25, 0.3) is 0 Å². The van der Waals surface area contributed by atoms with Crippen molar-refractivity contribution in [3.05, 3.63) is 6.42 Å². The first-order valence-electron chi connectivity index (χ1n) is 1.73. The zero-order valence-electron chi connectivity index (χ0n) is 3.86. The number of rotatable bonds is 0. The molecule has 0 spiro atoms. The summed E-state index contributed by atoms with van der Waals surface area (Å²) in [4.78, 5) is 0. The summed E-state index contributed by atoms with van der Waals surface area (Å²) in [5.74, 6) is 0.958. The average Bonchev–Trinajstić information content (AvgIpc) is 1.75. The molecule has 0 aliphatic heterocycles. The molecule has 0 saturated heterocycles. The largest absolute Gasteiger partial charge is 1.00 e. The molecular weight excluding hydrogens is 55.0 g/mol. The minimum Gasteiger partial charge on any atom is -0.330 e. The minimum absolute atomic E-state index is 0. The molecule has 1 aliphatic carbocycles. The molecule has 0 aromatic heterocycles. The fourth-order valence-corrected chi connectivity index (χ4v) is 0.136. The van der Waals surface area contributed by atoms with Gasteiger partial charge in [-0.15, -0.1) is 0 Å². The standard InChI is InChI=1S/C4H7.Li/c1-4-2-3-4;/h2,4H,3H2,1H3;/q-1;+1/t4-;/m0./s1. The number of hydrogen-bond acceptors (Lipinski definition) is 0. The fourth-order valence-electron chi connectivity index (χ4n) is 0.136. The van der Waals surface area contributed by atoms with Crippen LogP contribution in [-0.4, -0.2) is 0 Å². The van der Waals surface area contributed by atoms with Gasteiger partial charge in [-0.2, -0.15) is 5.92 Å². The van der Waals surface area contributed by atoms with Crippen LogP contribution < -0.4 is 18.9 Å². The smallest absolute Gasteiger partial charge is 0.330 e. The summed E-state index contributed by atoms with van der Waals surface area (Å²) >= 11 is 0. The van der Waals surface area contributed by atoms with E-state index in [2.05, 4.69) is 13.3 Å². The van der Waals surface area contributed by atoms with E-state index in [-0.39, 0.29) is 18.9 Å². The molecule has 0 nitrogen and oxygen atoms in total. The third-order valence-electron chi connectivity index (χ3n) is 0.707. The monoisotopic (exact) mass is 62.1 g/mol. The summed E-state index contributed by atoms with van der Waals surface area (Å²) in [6, 6.07) is 0. The third kappa shape index (κ3) is 2.40. The molecule has 1 aliphatic rings. The Balaban J connectivity index is 0.000000160. The minimum atomic E-state index is 0. The van der Waals surface area contributed by atoms with Crippen LogP contribution in [0.3, 0.4) is 0 Å². The first kappa shape index (κ1) is 5.60. The molecular formula is C4H7Li. The van der Waals surface area contributed by atoms with Crippen LogP contribution in [0.25, 0.3) is 0 Å². The van der Waals surface area contributed by atoms with Gasteiger partial charge >= 0.3 is 18.9 Å². The molecule has 0 heterocycles. The van der Waals surface area contributed by atoms with E-state index in [9.17, 15) is 0 Å². The summed E-state index contributed by atoms with van der Waals surface area (Å²) in [5, 5.41) is 0. The summed E-state index contributed by atoms with van der Waals surface area (Å²) < 4.78 is 0. The van der Waals surface area contributed by atoms with Crippen LogP contribution in [0.4, 0.5) is 0 Å². The van der Waals surface area contributed by atoms with Crippen molar-refractivity contribution in [3.63, 3.8) is 0 Å². The summed E-state index contributed by atoms with van der Waals surface area (Å²) in [5.41, 5.74) is 0. The zero-order valence-corrected chi connectivity index (χ0v) is 3.86. The van der Waals surface area contributed by atoms with Crippen molar-refractivity contribution in [2.45, 2.75) is 13.3 Å². The van der Waals surface area contributed by atoms with Crippen molar-refractivity contribution in [3.8, 4) is 0 Å². The molecule has 0 amide bonds. The van der Waals surface area contributed by atoms with Gasteiger partial charge in [0.1, 0.15) is 0 Å². The fraction of sp³-hybridized carbons (Fsp3) is 0.750. The first-order chi connectivity index (χ1) is 1.89. The maximum atomic E-state index is 2.29. The maximum absolute atomic E-state index is 2.29. The molecule has 0 radical (unpaired) electrons. The topological polar surface area (TPSA) is 0 Å². The van der Waals surface area contributed by atoms with E-state index < -0.39 is 0 Å². The third-order valence-corrected chi connectivity index (χ3v) is 0.707. The Morgan fingerprint density at radius 1 is 1.80 bits per heavy atom. The average molecular weight is 62.0 g/mol. The van der Waals surface area contributed by atoms with Gasteiger partial charge in [0, 0.05) is 0 Å². The van der Waals surface area contributed by atoms with Crippen molar-refractivity contribution < 1.29 is 18.9 Å². The second-order valence-corrected chi connectivity index (χ2v) is 1.45. The predicted molar refractivity (Wildman–Crippen MR) is 18.1 cm³/mol. The Morgan fingerprint density at radius 2 is 2.00 bits per heavy atom. The van der Waals surface area contributed by atoms with Gasteiger partial charge in [0.15, 0.2) is 0 Å². The molecule has 0 N–H and O–H groups in total. The Hall–Kier alpha value is 0.597. The Labute approximate surface area is 45.1 Å². The second-order valence-electron chi connectivity index (χ2n) is 1.45. The summed E-state index contributed by atoms with van der Waals surface area (Å²) in [6.07, 6.45) is 3.65. The molecule has 24 valence electrons. The van der Waals surface area contributed by atoms with Crippen LogP contribution in [-0.2, 0) is 0 Å². The SMILES string of the molecule is C[C@H]1[CH-]C1.[Li+]. The number of hydrogen-bond donors (Lipinski definition) is 0. The van der Waals surface area contributed by atoms with Gasteiger partial charge in [-0.3, -0.25) is 0 Å². The van der Waals surface area contributed by atoms with Crippen molar-refractivity contribution in [2.24, 2.45) is 5.92 Å². The Bertz CT molecular complexity index is 22.8. The molecule has 0 unspecified atom stereocenters. The van der Waals surface area contributed by atoms with Gasteiger partial charge in [-0.05, 0) is 0 Å². The van der Waals surface area contributed by atoms with Gasteiger partial charge in [-0.25, -0.2) is 6.42 Å². The van der Waals surface area contributed by atoms with Crippen LogP contribution in [0.15, 0.2) is 0 Å². The maximum Gasteiger partial charge on any atom is 1.00 e. The van der Waals surface area contributed by atoms with Gasteiger partial charge in [-0.1, -0.05) is 6.92 Å². The van der Waals surface area contributed by atoms with E-state index in [0.29, 0.717) is 0 Å². The molecule has 0 aromatic rings. The second kappa shape index (κ2) is 1.90. The van der Waals surface area contributed by atoms with Crippen LogP contribution in [0.5, 0.6) is 0 Å². The van der Waals surface area contributed by atoms with E-state index in [4.69, 9.17) is 0 Å². The Morgan fingerprint density at radius 3 is 2.00 bits per heavy atom. The van der Waals surface area contributed by atoms with Crippen LogP contribution in [0.2, 0.25) is 0 Å². The zero-order chi connectivity index (χ0) is 2.99. The van der Waals surface area contributed by atoms with Crippen molar-refractivity contribution in [1.29, 1.82) is 0 Å². The molecule has 0 bridgehead atoms. The van der Waals surface area contributed by atoms with Crippen LogP contribution in [0, 0.1) is 12.3 Å². The molecule has 0 aromatic carbocycles. The molecule has 1 heteroatoms. The molecule has 1 fully saturated rings. The van der Waals surface area contributed by atoms with Gasteiger partial charge < -0.3 is 6.42 Å². The van der Waals surface area contributed by atoms with E-state index in [0.717, 1.165) is 5.92 Å². The van der Waals surface area contributed by atoms with Crippen molar-refractivity contribution in [1.82, 2.24) is 0 Å².